The van der Waals surface area contributed by atoms with Gasteiger partial charge in [0.05, 0.1) is 11.4 Å². The minimum absolute atomic E-state index is 0.157. The molecule has 3 rings (SSSR count). The number of amides is 2. The molecule has 6 nitrogen and oxygen atoms in total. The summed E-state index contributed by atoms with van der Waals surface area (Å²) in [4.78, 5) is 37.3. The van der Waals surface area contributed by atoms with E-state index in [2.05, 4.69) is 31.9 Å². The smallest absolute Gasteiger partial charge is 0.341 e. The van der Waals surface area contributed by atoms with E-state index >= 15 is 0 Å². The van der Waals surface area contributed by atoms with Crippen LogP contribution in [-0.4, -0.2) is 33.7 Å². The first-order chi connectivity index (χ1) is 13.3. The van der Waals surface area contributed by atoms with Crippen molar-refractivity contribution < 1.29 is 24.2 Å². The van der Waals surface area contributed by atoms with E-state index in [4.69, 9.17) is 9.84 Å². The van der Waals surface area contributed by atoms with Crippen LogP contribution < -0.4 is 4.74 Å². The molecule has 9 heteroatoms. The Morgan fingerprint density at radius 3 is 2.64 bits per heavy atom. The van der Waals surface area contributed by atoms with E-state index < -0.39 is 18.5 Å². The van der Waals surface area contributed by atoms with Crippen molar-refractivity contribution in [1.82, 2.24) is 4.90 Å². The number of carboxylic acids is 1. The quantitative estimate of drug-likeness (QED) is 0.538. The Morgan fingerprint density at radius 1 is 1.18 bits per heavy atom. The van der Waals surface area contributed by atoms with Gasteiger partial charge in [0, 0.05) is 14.5 Å². The van der Waals surface area contributed by atoms with Crippen LogP contribution >= 0.6 is 43.6 Å². The van der Waals surface area contributed by atoms with E-state index in [9.17, 15) is 14.4 Å². The van der Waals surface area contributed by atoms with Crippen molar-refractivity contribution >= 4 is 66.8 Å². The van der Waals surface area contributed by atoms with Gasteiger partial charge in [0.15, 0.2) is 6.61 Å². The largest absolute Gasteiger partial charge is 0.481 e. The average Bonchev–Trinajstić information content (AvgIpc) is 2.90. The maximum Gasteiger partial charge on any atom is 0.341 e. The molecule has 28 heavy (non-hydrogen) atoms. The highest BCUT2D eigenvalue weighted by atomic mass is 79.9. The van der Waals surface area contributed by atoms with Gasteiger partial charge >= 0.3 is 5.97 Å². The third kappa shape index (κ3) is 4.84. The normalized spacial score (nSPS) is 15.4. The number of imide groups is 1. The zero-order valence-electron chi connectivity index (χ0n) is 14.2. The van der Waals surface area contributed by atoms with Crippen molar-refractivity contribution in [3.8, 4) is 5.75 Å². The minimum Gasteiger partial charge on any atom is -0.481 e. The van der Waals surface area contributed by atoms with Gasteiger partial charge in [-0.05, 0) is 47.7 Å². The summed E-state index contributed by atoms with van der Waals surface area (Å²) in [6.07, 6.45) is 1.53. The highest BCUT2D eigenvalue weighted by Gasteiger charge is 2.35. The average molecular weight is 527 g/mol. The number of rotatable bonds is 6. The summed E-state index contributed by atoms with van der Waals surface area (Å²) in [6.45, 7) is -0.351. The molecule has 1 N–H and O–H groups in total. The number of aliphatic carboxylic acids is 1. The number of halogens is 2. The van der Waals surface area contributed by atoms with Gasteiger partial charge in [-0.25, -0.2) is 4.79 Å². The van der Waals surface area contributed by atoms with Crippen LogP contribution in [0.4, 0.5) is 4.79 Å². The lowest BCUT2D eigenvalue weighted by Crippen LogP contribution is -2.27. The summed E-state index contributed by atoms with van der Waals surface area (Å²) >= 11 is 7.60. The zero-order valence-corrected chi connectivity index (χ0v) is 18.2. The molecular weight excluding hydrogens is 514 g/mol. The summed E-state index contributed by atoms with van der Waals surface area (Å²) in [5.41, 5.74) is 1.32. The molecule has 1 fully saturated rings. The minimum atomic E-state index is -1.11. The van der Waals surface area contributed by atoms with Crippen LogP contribution in [0.3, 0.4) is 0 Å². The molecule has 1 saturated heterocycles. The molecule has 1 aliphatic heterocycles. The van der Waals surface area contributed by atoms with Gasteiger partial charge < -0.3 is 9.84 Å². The highest BCUT2D eigenvalue weighted by molar-refractivity contribution is 9.10. The Balaban J connectivity index is 1.86. The molecule has 0 aromatic heterocycles. The molecule has 0 saturated carbocycles. The Kier molecular flexibility index (Phi) is 6.58. The van der Waals surface area contributed by atoms with Gasteiger partial charge in [-0.15, -0.1) is 0 Å². The van der Waals surface area contributed by atoms with E-state index in [0.717, 1.165) is 26.3 Å². The summed E-state index contributed by atoms with van der Waals surface area (Å²) in [5, 5.41) is 8.45. The van der Waals surface area contributed by atoms with Crippen molar-refractivity contribution in [3.05, 3.63) is 67.4 Å². The van der Waals surface area contributed by atoms with E-state index in [0.29, 0.717) is 11.3 Å². The van der Waals surface area contributed by atoms with E-state index in [1.807, 2.05) is 24.3 Å². The monoisotopic (exact) mass is 525 g/mol. The maximum absolute atomic E-state index is 12.8. The number of hydrogen-bond donors (Lipinski definition) is 1. The van der Waals surface area contributed by atoms with E-state index in [-0.39, 0.29) is 16.7 Å². The second-order valence-electron chi connectivity index (χ2n) is 5.72. The van der Waals surface area contributed by atoms with Gasteiger partial charge in [-0.3, -0.25) is 14.5 Å². The Labute approximate surface area is 181 Å². The fourth-order valence-corrected chi connectivity index (χ4v) is 4.10. The number of carbonyl (C=O) groups is 3. The second kappa shape index (κ2) is 8.93. The lowest BCUT2D eigenvalue weighted by atomic mass is 10.1. The second-order valence-corrected chi connectivity index (χ2v) is 8.49. The van der Waals surface area contributed by atoms with Crippen LogP contribution in [0.15, 0.2) is 56.3 Å². The SMILES string of the molecule is O=C(O)COc1ccc(Br)cc1/C=C1\SC(=O)N(Cc2ccccc2Br)C1=O. The summed E-state index contributed by atoms with van der Waals surface area (Å²) in [7, 11) is 0. The fourth-order valence-electron chi connectivity index (χ4n) is 2.48. The van der Waals surface area contributed by atoms with Gasteiger partial charge in [0.1, 0.15) is 5.75 Å². The predicted molar refractivity (Wildman–Crippen MR) is 113 cm³/mol. The fraction of sp³-hybridized carbons (Fsp3) is 0.105. The number of ether oxygens (including phenoxy) is 1. The van der Waals surface area contributed by atoms with Crippen molar-refractivity contribution in [2.75, 3.05) is 6.61 Å². The van der Waals surface area contributed by atoms with E-state index in [1.54, 1.807) is 18.2 Å². The van der Waals surface area contributed by atoms with Crippen molar-refractivity contribution in [1.29, 1.82) is 0 Å². The number of hydrogen-bond acceptors (Lipinski definition) is 5. The molecule has 1 aliphatic rings. The number of thioether (sulfide) groups is 1. The number of carboxylic acid groups (broad SMARTS) is 1. The van der Waals surface area contributed by atoms with Crippen LogP contribution in [0.2, 0.25) is 0 Å². The number of benzene rings is 2. The molecule has 0 atom stereocenters. The van der Waals surface area contributed by atoms with Crippen molar-refractivity contribution in [2.24, 2.45) is 0 Å². The third-order valence-electron chi connectivity index (χ3n) is 3.77. The molecular formula is C19H13Br2NO5S. The van der Waals surface area contributed by atoms with Crippen molar-refractivity contribution in [3.63, 3.8) is 0 Å². The van der Waals surface area contributed by atoms with Crippen LogP contribution in [0.1, 0.15) is 11.1 Å². The van der Waals surface area contributed by atoms with Crippen LogP contribution in [-0.2, 0) is 16.1 Å². The first-order valence-electron chi connectivity index (χ1n) is 7.98. The Hall–Kier alpha value is -2.10. The topological polar surface area (TPSA) is 83.9 Å². The molecule has 0 spiro atoms. The zero-order chi connectivity index (χ0) is 20.3. The Morgan fingerprint density at radius 2 is 1.93 bits per heavy atom. The third-order valence-corrected chi connectivity index (χ3v) is 5.94. The van der Waals surface area contributed by atoms with Crippen molar-refractivity contribution in [2.45, 2.75) is 6.54 Å². The molecule has 0 unspecified atom stereocenters. The lowest BCUT2D eigenvalue weighted by molar-refractivity contribution is -0.139. The van der Waals surface area contributed by atoms with Gasteiger partial charge in [0.25, 0.3) is 11.1 Å². The standard InChI is InChI=1S/C19H13Br2NO5S/c20-13-5-6-15(27-10-17(23)24)12(7-13)8-16-18(25)22(19(26)28-16)9-11-3-1-2-4-14(11)21/h1-8H,9-10H2,(H,23,24)/b16-8-. The van der Waals surface area contributed by atoms with E-state index in [1.165, 1.54) is 11.0 Å². The van der Waals surface area contributed by atoms with Crippen LogP contribution in [0.25, 0.3) is 6.08 Å². The molecule has 2 amide bonds. The number of nitrogens with zero attached hydrogens (tertiary/aromatic N) is 1. The molecule has 2 aromatic rings. The molecule has 144 valence electrons. The van der Waals surface area contributed by atoms with Crippen LogP contribution in [0.5, 0.6) is 5.75 Å². The first-order valence-corrected chi connectivity index (χ1v) is 10.4. The van der Waals surface area contributed by atoms with Gasteiger partial charge in [0.2, 0.25) is 0 Å². The van der Waals surface area contributed by atoms with Gasteiger partial charge in [-0.2, -0.15) is 0 Å². The summed E-state index contributed by atoms with van der Waals surface area (Å²) in [6, 6.07) is 12.4. The summed E-state index contributed by atoms with van der Waals surface area (Å²) in [5.74, 6) is -1.21. The maximum atomic E-state index is 12.8. The molecule has 0 aliphatic carbocycles. The lowest BCUT2D eigenvalue weighted by Gasteiger charge is -2.13. The molecule has 0 radical (unpaired) electrons. The highest BCUT2D eigenvalue weighted by Crippen LogP contribution is 2.36. The molecule has 0 bridgehead atoms. The van der Waals surface area contributed by atoms with Gasteiger partial charge in [-0.1, -0.05) is 50.1 Å². The molecule has 1 heterocycles. The first kappa shape index (κ1) is 20.6. The summed E-state index contributed by atoms with van der Waals surface area (Å²) < 4.78 is 6.82. The van der Waals surface area contributed by atoms with Crippen LogP contribution in [0, 0.1) is 0 Å². The number of carbonyl (C=O) groups excluding carboxylic acids is 2. The molecule has 2 aromatic carbocycles. The Bertz CT molecular complexity index is 992. The predicted octanol–water partition coefficient (Wildman–Crippen LogP) is 4.91.